The SMILES string of the molecule is CC(=O)N1CCC(C)(n2cc(C(=O)N[C@H](C)c3cccc(C(F)F)c3F)c(NC3CCN(C)CC3)cc2=O)C1. The fourth-order valence-corrected chi connectivity index (χ4v) is 5.46. The van der Waals surface area contributed by atoms with Crippen LogP contribution in [0.1, 0.15) is 74.0 Å². The number of nitrogens with zero attached hydrogens (tertiary/aromatic N) is 3. The van der Waals surface area contributed by atoms with Crippen LogP contribution in [0.15, 0.2) is 35.3 Å². The number of nitrogens with one attached hydrogen (secondary N) is 2. The van der Waals surface area contributed by atoms with E-state index in [0.29, 0.717) is 25.2 Å². The molecule has 8 nitrogen and oxygen atoms in total. The normalized spacial score (nSPS) is 21.3. The van der Waals surface area contributed by atoms with Crippen molar-refractivity contribution < 1.29 is 22.8 Å². The summed E-state index contributed by atoms with van der Waals surface area (Å²) in [5.41, 5.74) is -1.25. The van der Waals surface area contributed by atoms with E-state index >= 15 is 0 Å². The molecule has 212 valence electrons. The summed E-state index contributed by atoms with van der Waals surface area (Å²) >= 11 is 0. The van der Waals surface area contributed by atoms with Gasteiger partial charge >= 0.3 is 0 Å². The topological polar surface area (TPSA) is 86.7 Å². The van der Waals surface area contributed by atoms with Crippen LogP contribution in [0.3, 0.4) is 0 Å². The van der Waals surface area contributed by atoms with Crippen LogP contribution in [0.4, 0.5) is 18.9 Å². The Bertz CT molecular complexity index is 1290. The van der Waals surface area contributed by atoms with Crippen molar-refractivity contribution in [3.63, 3.8) is 0 Å². The molecule has 2 N–H and O–H groups in total. The Morgan fingerprint density at radius 3 is 2.41 bits per heavy atom. The Balaban J connectivity index is 1.68. The summed E-state index contributed by atoms with van der Waals surface area (Å²) < 4.78 is 42.8. The first-order chi connectivity index (χ1) is 18.4. The number of likely N-dealkylation sites (tertiary alicyclic amines) is 2. The van der Waals surface area contributed by atoms with E-state index in [9.17, 15) is 27.6 Å². The average Bonchev–Trinajstić information content (AvgIpc) is 3.28. The molecule has 1 aromatic carbocycles. The van der Waals surface area contributed by atoms with Gasteiger partial charge in [0.2, 0.25) is 5.91 Å². The van der Waals surface area contributed by atoms with Gasteiger partial charge in [0, 0.05) is 43.9 Å². The fraction of sp³-hybridized carbons (Fsp3) is 0.536. The zero-order valence-corrected chi connectivity index (χ0v) is 22.8. The first-order valence-corrected chi connectivity index (χ1v) is 13.2. The molecule has 2 aromatic rings. The van der Waals surface area contributed by atoms with Crippen LogP contribution in [-0.4, -0.2) is 65.4 Å². The number of carbonyl (C=O) groups excluding carboxylic acids is 2. The third kappa shape index (κ3) is 6.13. The van der Waals surface area contributed by atoms with Crippen molar-refractivity contribution in [3.8, 4) is 0 Å². The van der Waals surface area contributed by atoms with E-state index < -0.39 is 35.3 Å². The molecular formula is C28H36F3N5O3. The van der Waals surface area contributed by atoms with Gasteiger partial charge in [-0.3, -0.25) is 14.4 Å². The van der Waals surface area contributed by atoms with E-state index in [1.165, 1.54) is 42.8 Å². The van der Waals surface area contributed by atoms with Gasteiger partial charge in [-0.25, -0.2) is 13.2 Å². The fourth-order valence-electron chi connectivity index (χ4n) is 5.46. The summed E-state index contributed by atoms with van der Waals surface area (Å²) in [6, 6.07) is 4.25. The lowest BCUT2D eigenvalue weighted by molar-refractivity contribution is -0.128. The molecule has 2 aliphatic heterocycles. The van der Waals surface area contributed by atoms with Gasteiger partial charge in [-0.05, 0) is 53.2 Å². The van der Waals surface area contributed by atoms with Gasteiger partial charge in [-0.15, -0.1) is 0 Å². The van der Waals surface area contributed by atoms with Crippen molar-refractivity contribution in [2.24, 2.45) is 0 Å². The van der Waals surface area contributed by atoms with Gasteiger partial charge < -0.3 is 25.0 Å². The lowest BCUT2D eigenvalue weighted by atomic mass is 9.99. The van der Waals surface area contributed by atoms with E-state index in [4.69, 9.17) is 0 Å². The monoisotopic (exact) mass is 547 g/mol. The summed E-state index contributed by atoms with van der Waals surface area (Å²) in [6.45, 7) is 7.43. The van der Waals surface area contributed by atoms with Crippen molar-refractivity contribution in [1.29, 1.82) is 0 Å². The second-order valence-electron chi connectivity index (χ2n) is 11.0. The maximum absolute atomic E-state index is 14.8. The Morgan fingerprint density at radius 2 is 1.79 bits per heavy atom. The molecule has 1 unspecified atom stereocenters. The number of alkyl halides is 2. The number of hydrogen-bond acceptors (Lipinski definition) is 5. The molecule has 0 radical (unpaired) electrons. The number of anilines is 1. The zero-order valence-electron chi connectivity index (χ0n) is 22.8. The van der Waals surface area contributed by atoms with Crippen molar-refractivity contribution in [3.05, 3.63) is 63.3 Å². The molecule has 2 aliphatic rings. The molecule has 2 fully saturated rings. The van der Waals surface area contributed by atoms with Crippen molar-refractivity contribution in [1.82, 2.24) is 19.7 Å². The van der Waals surface area contributed by atoms with E-state index in [1.54, 1.807) is 4.90 Å². The van der Waals surface area contributed by atoms with Gasteiger partial charge in [0.05, 0.1) is 28.4 Å². The Labute approximate surface area is 226 Å². The number of carbonyl (C=O) groups is 2. The third-order valence-electron chi connectivity index (χ3n) is 7.96. The molecule has 2 amide bonds. The lowest BCUT2D eigenvalue weighted by Gasteiger charge is -2.32. The van der Waals surface area contributed by atoms with E-state index in [-0.39, 0.29) is 28.6 Å². The maximum Gasteiger partial charge on any atom is 0.266 e. The molecule has 3 heterocycles. The second-order valence-corrected chi connectivity index (χ2v) is 11.0. The molecular weight excluding hydrogens is 511 g/mol. The molecule has 11 heteroatoms. The number of benzene rings is 1. The van der Waals surface area contributed by atoms with Gasteiger partial charge in [0.25, 0.3) is 17.9 Å². The maximum atomic E-state index is 14.8. The van der Waals surface area contributed by atoms with Gasteiger partial charge in [-0.2, -0.15) is 0 Å². The summed E-state index contributed by atoms with van der Waals surface area (Å²) in [5.74, 6) is -1.72. The van der Waals surface area contributed by atoms with E-state index in [2.05, 4.69) is 15.5 Å². The Kier molecular flexibility index (Phi) is 8.39. The number of aromatic nitrogens is 1. The molecule has 1 aromatic heterocycles. The van der Waals surface area contributed by atoms with Crippen molar-refractivity contribution in [2.45, 2.75) is 64.1 Å². The predicted molar refractivity (Wildman–Crippen MR) is 143 cm³/mol. The smallest absolute Gasteiger partial charge is 0.266 e. The molecule has 0 spiro atoms. The molecule has 0 aliphatic carbocycles. The van der Waals surface area contributed by atoms with Crippen LogP contribution in [0.25, 0.3) is 0 Å². The van der Waals surface area contributed by atoms with Gasteiger partial charge in [-0.1, -0.05) is 18.2 Å². The molecule has 2 atom stereocenters. The molecule has 0 bridgehead atoms. The highest BCUT2D eigenvalue weighted by molar-refractivity contribution is 5.99. The minimum absolute atomic E-state index is 0.0517. The van der Waals surface area contributed by atoms with Crippen molar-refractivity contribution in [2.75, 3.05) is 38.5 Å². The highest BCUT2D eigenvalue weighted by Gasteiger charge is 2.38. The largest absolute Gasteiger partial charge is 0.381 e. The number of piperidine rings is 1. The van der Waals surface area contributed by atoms with Crippen LogP contribution in [-0.2, 0) is 10.3 Å². The van der Waals surface area contributed by atoms with Gasteiger partial charge in [0.15, 0.2) is 0 Å². The standard InChI is InChI=1S/C28H36F3N5O3/c1-17(20-6-5-7-21(25(20)29)26(30)31)32-27(39)22-15-36(28(3)10-13-35(16-28)18(2)37)24(38)14-23(22)33-19-8-11-34(4)12-9-19/h5-7,14-15,17,19,26,33H,8-13,16H2,1-4H3,(H,32,39)/t17-,28?/m1/s1. The van der Waals surface area contributed by atoms with Gasteiger partial charge in [0.1, 0.15) is 5.82 Å². The molecule has 4 rings (SSSR count). The number of halogens is 3. The Hall–Kier alpha value is -3.34. The Morgan fingerprint density at radius 1 is 1.13 bits per heavy atom. The van der Waals surface area contributed by atoms with Crippen LogP contribution < -0.4 is 16.2 Å². The average molecular weight is 548 g/mol. The number of rotatable bonds is 7. The van der Waals surface area contributed by atoms with Crippen LogP contribution in [0.2, 0.25) is 0 Å². The van der Waals surface area contributed by atoms with E-state index in [0.717, 1.165) is 32.0 Å². The number of pyridine rings is 1. The molecule has 0 saturated carbocycles. The number of amides is 2. The first kappa shape index (κ1) is 28.7. The lowest BCUT2D eigenvalue weighted by Crippen LogP contribution is -2.43. The highest BCUT2D eigenvalue weighted by atomic mass is 19.3. The summed E-state index contributed by atoms with van der Waals surface area (Å²) in [5, 5.41) is 6.09. The first-order valence-electron chi connectivity index (χ1n) is 13.2. The zero-order chi connectivity index (χ0) is 28.5. The molecule has 2 saturated heterocycles. The minimum Gasteiger partial charge on any atom is -0.381 e. The van der Waals surface area contributed by atoms with Crippen LogP contribution in [0, 0.1) is 5.82 Å². The summed E-state index contributed by atoms with van der Waals surface area (Å²) in [4.78, 5) is 42.8. The van der Waals surface area contributed by atoms with Crippen molar-refractivity contribution >= 4 is 17.5 Å². The third-order valence-corrected chi connectivity index (χ3v) is 7.96. The number of hydrogen-bond donors (Lipinski definition) is 2. The van der Waals surface area contributed by atoms with Crippen LogP contribution >= 0.6 is 0 Å². The quantitative estimate of drug-likeness (QED) is 0.550. The minimum atomic E-state index is -2.98. The predicted octanol–water partition coefficient (Wildman–Crippen LogP) is 3.89. The second kappa shape index (κ2) is 11.4. The highest BCUT2D eigenvalue weighted by Crippen LogP contribution is 2.31. The summed E-state index contributed by atoms with van der Waals surface area (Å²) in [7, 11) is 2.03. The van der Waals surface area contributed by atoms with Crippen LogP contribution in [0.5, 0.6) is 0 Å². The van der Waals surface area contributed by atoms with E-state index in [1.807, 2.05) is 14.0 Å². The summed E-state index contributed by atoms with van der Waals surface area (Å²) in [6.07, 6.45) is 0.708. The molecule has 39 heavy (non-hydrogen) atoms.